The lowest BCUT2D eigenvalue weighted by atomic mass is 10.0. The van der Waals surface area contributed by atoms with Gasteiger partial charge in [-0.3, -0.25) is 14.4 Å². The molecule has 7 nitrogen and oxygen atoms in total. The van der Waals surface area contributed by atoms with E-state index >= 15 is 0 Å². The lowest BCUT2D eigenvalue weighted by Gasteiger charge is -2.39. The minimum absolute atomic E-state index is 0.106. The third-order valence-corrected chi connectivity index (χ3v) is 5.50. The first-order valence-electron chi connectivity index (χ1n) is 9.20. The molecule has 3 heterocycles. The van der Waals surface area contributed by atoms with Gasteiger partial charge in [0, 0.05) is 24.6 Å². The van der Waals surface area contributed by atoms with Gasteiger partial charge in [0.05, 0.1) is 24.1 Å². The summed E-state index contributed by atoms with van der Waals surface area (Å²) >= 11 is 0. The van der Waals surface area contributed by atoms with Crippen molar-refractivity contribution in [2.75, 3.05) is 25.0 Å². The molecule has 0 unspecified atom stereocenters. The Morgan fingerprint density at radius 3 is 2.74 bits per heavy atom. The van der Waals surface area contributed by atoms with Gasteiger partial charge in [-0.05, 0) is 43.2 Å². The number of rotatable bonds is 2. The van der Waals surface area contributed by atoms with Crippen LogP contribution in [-0.2, 0) is 9.59 Å². The summed E-state index contributed by atoms with van der Waals surface area (Å²) in [5, 5.41) is 2.86. The molecule has 3 amide bonds. The van der Waals surface area contributed by atoms with E-state index in [4.69, 9.17) is 4.42 Å². The highest BCUT2D eigenvalue weighted by Gasteiger charge is 2.43. The molecule has 0 spiro atoms. The van der Waals surface area contributed by atoms with Gasteiger partial charge in [0.25, 0.3) is 5.91 Å². The van der Waals surface area contributed by atoms with Gasteiger partial charge in [-0.15, -0.1) is 0 Å². The summed E-state index contributed by atoms with van der Waals surface area (Å²) in [6.07, 6.45) is 3.43. The zero-order valence-corrected chi connectivity index (χ0v) is 14.7. The fourth-order valence-corrected chi connectivity index (χ4v) is 3.84. The van der Waals surface area contributed by atoms with Crippen molar-refractivity contribution in [3.8, 4) is 11.3 Å². The van der Waals surface area contributed by atoms with Gasteiger partial charge in [-0.2, -0.15) is 0 Å². The van der Waals surface area contributed by atoms with Crippen molar-refractivity contribution in [3.05, 3.63) is 42.2 Å². The molecule has 1 saturated carbocycles. The molecule has 2 aromatic rings. The first-order valence-corrected chi connectivity index (χ1v) is 9.20. The predicted octanol–water partition coefficient (Wildman–Crippen LogP) is 1.96. The molecule has 5 rings (SSSR count). The van der Waals surface area contributed by atoms with Gasteiger partial charge in [0.2, 0.25) is 11.8 Å². The smallest absolute Gasteiger partial charge is 0.256 e. The molecule has 138 valence electrons. The van der Waals surface area contributed by atoms with Crippen LogP contribution in [0, 0.1) is 5.92 Å². The Hall–Kier alpha value is -3.09. The predicted molar refractivity (Wildman–Crippen MR) is 96.9 cm³/mol. The van der Waals surface area contributed by atoms with Gasteiger partial charge in [0.1, 0.15) is 11.8 Å². The Morgan fingerprint density at radius 2 is 2.00 bits per heavy atom. The van der Waals surface area contributed by atoms with Crippen molar-refractivity contribution in [2.24, 2.45) is 5.92 Å². The lowest BCUT2D eigenvalue weighted by molar-refractivity contribution is -0.136. The molecule has 1 atom stereocenters. The molecule has 1 N–H and O–H groups in total. The van der Waals surface area contributed by atoms with Crippen molar-refractivity contribution in [1.82, 2.24) is 9.80 Å². The van der Waals surface area contributed by atoms with E-state index in [9.17, 15) is 14.4 Å². The first-order chi connectivity index (χ1) is 13.1. The molecular weight excluding hydrogens is 346 g/mol. The van der Waals surface area contributed by atoms with E-state index in [0.717, 1.165) is 18.4 Å². The largest absolute Gasteiger partial charge is 0.464 e. The van der Waals surface area contributed by atoms with Crippen LogP contribution in [0.3, 0.4) is 0 Å². The molecule has 0 radical (unpaired) electrons. The lowest BCUT2D eigenvalue weighted by Crippen LogP contribution is -2.59. The molecule has 3 aliphatic rings. The van der Waals surface area contributed by atoms with Crippen LogP contribution < -0.4 is 5.32 Å². The van der Waals surface area contributed by atoms with Gasteiger partial charge in [-0.1, -0.05) is 0 Å². The molecule has 1 saturated heterocycles. The average molecular weight is 365 g/mol. The van der Waals surface area contributed by atoms with Gasteiger partial charge < -0.3 is 19.5 Å². The summed E-state index contributed by atoms with van der Waals surface area (Å²) in [4.78, 5) is 41.6. The van der Waals surface area contributed by atoms with Crippen molar-refractivity contribution in [1.29, 1.82) is 0 Å². The van der Waals surface area contributed by atoms with Crippen molar-refractivity contribution in [2.45, 2.75) is 18.9 Å². The molecular formula is C20H19N3O4. The Bertz CT molecular complexity index is 933. The molecule has 1 aliphatic carbocycles. The normalized spacial score (nSPS) is 22.0. The second kappa shape index (κ2) is 5.97. The van der Waals surface area contributed by atoms with Gasteiger partial charge in [0.15, 0.2) is 0 Å². The SMILES string of the molecule is O=C1Nc2ccc(-c3ccco3)cc2C(=O)N2CCN(C(=O)C3CC3)C[C@H]12. The summed E-state index contributed by atoms with van der Waals surface area (Å²) in [5.41, 5.74) is 1.72. The maximum atomic E-state index is 13.2. The Balaban J connectivity index is 1.46. The number of piperazine rings is 1. The molecule has 2 fully saturated rings. The monoisotopic (exact) mass is 365 g/mol. The number of fused-ring (bicyclic) bond motifs is 2. The Labute approximate surface area is 155 Å². The number of anilines is 1. The van der Waals surface area contributed by atoms with E-state index in [2.05, 4.69) is 5.32 Å². The number of hydrogen-bond acceptors (Lipinski definition) is 4. The average Bonchev–Trinajstić information content (AvgIpc) is 3.41. The third-order valence-electron chi connectivity index (χ3n) is 5.50. The van der Waals surface area contributed by atoms with Crippen LogP contribution in [-0.4, -0.2) is 53.2 Å². The highest BCUT2D eigenvalue weighted by molar-refractivity contribution is 6.10. The van der Waals surface area contributed by atoms with E-state index in [1.807, 2.05) is 12.1 Å². The third kappa shape index (κ3) is 2.70. The summed E-state index contributed by atoms with van der Waals surface area (Å²) in [6.45, 7) is 1.09. The topological polar surface area (TPSA) is 82.9 Å². The van der Waals surface area contributed by atoms with Gasteiger partial charge in [-0.25, -0.2) is 0 Å². The van der Waals surface area contributed by atoms with E-state index in [1.54, 1.807) is 34.3 Å². The summed E-state index contributed by atoms with van der Waals surface area (Å²) in [6, 6.07) is 8.25. The van der Waals surface area contributed by atoms with Crippen LogP contribution >= 0.6 is 0 Å². The van der Waals surface area contributed by atoms with Crippen molar-refractivity contribution in [3.63, 3.8) is 0 Å². The molecule has 1 aromatic carbocycles. The summed E-state index contributed by atoms with van der Waals surface area (Å²) in [5.74, 6) is 0.435. The van der Waals surface area contributed by atoms with Crippen LogP contribution in [0.25, 0.3) is 11.3 Å². The summed E-state index contributed by atoms with van der Waals surface area (Å²) in [7, 11) is 0. The van der Waals surface area contributed by atoms with Gasteiger partial charge >= 0.3 is 0 Å². The van der Waals surface area contributed by atoms with E-state index in [-0.39, 0.29) is 30.2 Å². The number of benzene rings is 1. The zero-order chi connectivity index (χ0) is 18.5. The number of nitrogens with one attached hydrogen (secondary N) is 1. The van der Waals surface area contributed by atoms with Crippen molar-refractivity contribution < 1.29 is 18.8 Å². The first kappa shape index (κ1) is 16.1. The van der Waals surface area contributed by atoms with Crippen LogP contribution in [0.15, 0.2) is 41.0 Å². The molecule has 2 aliphatic heterocycles. The molecule has 1 aromatic heterocycles. The quantitative estimate of drug-likeness (QED) is 0.882. The van der Waals surface area contributed by atoms with Crippen molar-refractivity contribution >= 4 is 23.4 Å². The zero-order valence-electron chi connectivity index (χ0n) is 14.7. The fourth-order valence-electron chi connectivity index (χ4n) is 3.84. The van der Waals surface area contributed by atoms with Crippen LogP contribution in [0.1, 0.15) is 23.2 Å². The number of amides is 3. The van der Waals surface area contributed by atoms with E-state index in [0.29, 0.717) is 30.1 Å². The molecule has 7 heteroatoms. The maximum absolute atomic E-state index is 13.2. The second-order valence-corrected chi connectivity index (χ2v) is 7.30. The number of carbonyl (C=O) groups is 3. The number of hydrogen-bond donors (Lipinski definition) is 1. The second-order valence-electron chi connectivity index (χ2n) is 7.30. The summed E-state index contributed by atoms with van der Waals surface area (Å²) < 4.78 is 5.42. The molecule has 0 bridgehead atoms. The Kier molecular flexibility index (Phi) is 3.56. The fraction of sp³-hybridized carbons (Fsp3) is 0.350. The minimum atomic E-state index is -0.659. The minimum Gasteiger partial charge on any atom is -0.464 e. The Morgan fingerprint density at radius 1 is 1.15 bits per heavy atom. The van der Waals surface area contributed by atoms with E-state index in [1.165, 1.54) is 0 Å². The van der Waals surface area contributed by atoms with Crippen LogP contribution in [0.4, 0.5) is 5.69 Å². The number of nitrogens with zero attached hydrogens (tertiary/aromatic N) is 2. The highest BCUT2D eigenvalue weighted by Crippen LogP contribution is 2.33. The number of furan rings is 1. The number of carbonyl (C=O) groups excluding carboxylic acids is 3. The van der Waals surface area contributed by atoms with E-state index < -0.39 is 6.04 Å². The van der Waals surface area contributed by atoms with Crippen LogP contribution in [0.2, 0.25) is 0 Å². The standard InChI is InChI=1S/C20H19N3O4/c24-18-16-11-22(19(25)12-3-4-12)7-8-23(16)20(26)14-10-13(5-6-15(14)21-18)17-2-1-9-27-17/h1-2,5-6,9-10,12,16H,3-4,7-8,11H2,(H,21,24)/t16-/m1/s1. The van der Waals surface area contributed by atoms with Crippen LogP contribution in [0.5, 0.6) is 0 Å². The highest BCUT2D eigenvalue weighted by atomic mass is 16.3. The molecule has 27 heavy (non-hydrogen) atoms. The maximum Gasteiger partial charge on any atom is 0.256 e.